The molecule has 1 atom stereocenters. The lowest BCUT2D eigenvalue weighted by Gasteiger charge is -2.26. The lowest BCUT2D eigenvalue weighted by Crippen LogP contribution is -2.42. The fourth-order valence-corrected chi connectivity index (χ4v) is 4.67. The summed E-state index contributed by atoms with van der Waals surface area (Å²) >= 11 is 0. The minimum Gasteiger partial charge on any atom is -0.468 e. The second kappa shape index (κ2) is 9.75. The molecule has 1 aromatic heterocycles. The van der Waals surface area contributed by atoms with E-state index in [1.165, 1.54) is 0 Å². The Labute approximate surface area is 166 Å². The van der Waals surface area contributed by atoms with Crippen molar-refractivity contribution in [2.75, 3.05) is 31.9 Å². The molecule has 1 aliphatic rings. The maximum Gasteiger partial charge on any atom is 0.314 e. The van der Waals surface area contributed by atoms with Gasteiger partial charge in [0.25, 0.3) is 0 Å². The summed E-state index contributed by atoms with van der Waals surface area (Å²) in [5.41, 5.74) is 0.749. The highest BCUT2D eigenvalue weighted by Crippen LogP contribution is 2.24. The monoisotopic (exact) mass is 405 g/mol. The Kier molecular flexibility index (Phi) is 7.11. The SMILES string of the molecule is O=C(NCCS(=O)(=O)Cc1ccccc1)NCC(c1ccco1)N1CCCC1. The third-order valence-corrected chi connectivity index (χ3v) is 6.44. The number of amides is 2. The molecular weight excluding hydrogens is 378 g/mol. The predicted molar refractivity (Wildman–Crippen MR) is 108 cm³/mol. The molecule has 1 saturated heterocycles. The first-order valence-electron chi connectivity index (χ1n) is 9.57. The maximum absolute atomic E-state index is 12.2. The van der Waals surface area contributed by atoms with Crippen molar-refractivity contribution in [1.82, 2.24) is 15.5 Å². The second-order valence-electron chi connectivity index (χ2n) is 6.99. The van der Waals surface area contributed by atoms with E-state index in [0.717, 1.165) is 37.3 Å². The fraction of sp³-hybridized carbons (Fsp3) is 0.450. The van der Waals surface area contributed by atoms with Crippen molar-refractivity contribution in [3.05, 3.63) is 60.1 Å². The van der Waals surface area contributed by atoms with Crippen LogP contribution in [-0.2, 0) is 15.6 Å². The number of sulfone groups is 1. The number of hydrogen-bond acceptors (Lipinski definition) is 5. The molecule has 0 saturated carbocycles. The largest absolute Gasteiger partial charge is 0.468 e. The molecule has 1 aliphatic heterocycles. The van der Waals surface area contributed by atoms with Crippen molar-refractivity contribution in [1.29, 1.82) is 0 Å². The number of carbonyl (C=O) groups is 1. The van der Waals surface area contributed by atoms with Gasteiger partial charge >= 0.3 is 6.03 Å². The van der Waals surface area contributed by atoms with E-state index in [1.807, 2.05) is 30.3 Å². The average molecular weight is 406 g/mol. The molecule has 7 nitrogen and oxygen atoms in total. The number of rotatable bonds is 9. The molecule has 8 heteroatoms. The minimum absolute atomic E-state index is 0.00920. The highest BCUT2D eigenvalue weighted by molar-refractivity contribution is 7.90. The van der Waals surface area contributed by atoms with Crippen LogP contribution in [0.15, 0.2) is 53.1 Å². The Hall–Kier alpha value is -2.32. The molecule has 1 aromatic carbocycles. The van der Waals surface area contributed by atoms with Crippen LogP contribution in [0.2, 0.25) is 0 Å². The summed E-state index contributed by atoms with van der Waals surface area (Å²) in [6.45, 7) is 2.45. The van der Waals surface area contributed by atoms with Crippen LogP contribution in [-0.4, -0.2) is 51.3 Å². The van der Waals surface area contributed by atoms with Crippen molar-refractivity contribution in [2.45, 2.75) is 24.6 Å². The van der Waals surface area contributed by atoms with Gasteiger partial charge in [-0.15, -0.1) is 0 Å². The Morgan fingerprint density at radius 3 is 2.50 bits per heavy atom. The van der Waals surface area contributed by atoms with Crippen LogP contribution in [0.4, 0.5) is 4.79 Å². The van der Waals surface area contributed by atoms with Crippen molar-refractivity contribution >= 4 is 15.9 Å². The number of benzene rings is 1. The van der Waals surface area contributed by atoms with Gasteiger partial charge in [-0.05, 0) is 43.6 Å². The molecule has 0 spiro atoms. The van der Waals surface area contributed by atoms with Crippen LogP contribution >= 0.6 is 0 Å². The van der Waals surface area contributed by atoms with Crippen LogP contribution in [0.3, 0.4) is 0 Å². The Morgan fingerprint density at radius 2 is 1.82 bits per heavy atom. The van der Waals surface area contributed by atoms with E-state index >= 15 is 0 Å². The zero-order valence-electron chi connectivity index (χ0n) is 15.8. The van der Waals surface area contributed by atoms with E-state index in [-0.39, 0.29) is 30.1 Å². The van der Waals surface area contributed by atoms with Gasteiger partial charge in [0.1, 0.15) is 5.76 Å². The lowest BCUT2D eigenvalue weighted by atomic mass is 10.2. The van der Waals surface area contributed by atoms with Crippen LogP contribution in [0.5, 0.6) is 0 Å². The number of hydrogen-bond donors (Lipinski definition) is 2. The zero-order valence-corrected chi connectivity index (χ0v) is 16.7. The summed E-state index contributed by atoms with van der Waals surface area (Å²) < 4.78 is 29.9. The van der Waals surface area contributed by atoms with Crippen molar-refractivity contribution < 1.29 is 17.6 Å². The first-order chi connectivity index (χ1) is 13.5. The minimum atomic E-state index is -3.28. The number of urea groups is 1. The Balaban J connectivity index is 1.43. The standard InChI is InChI=1S/C20H27N3O4S/c24-20(21-10-14-28(25,26)16-17-7-2-1-3-8-17)22-15-18(19-9-6-13-27-19)23-11-4-5-12-23/h1-3,6-9,13,18H,4-5,10-12,14-16H2,(H2,21,22,24). The average Bonchev–Trinajstić information content (AvgIpc) is 3.37. The van der Waals surface area contributed by atoms with E-state index in [1.54, 1.807) is 18.4 Å². The summed E-state index contributed by atoms with van der Waals surface area (Å²) in [4.78, 5) is 14.4. The molecule has 28 heavy (non-hydrogen) atoms. The van der Waals surface area contributed by atoms with Gasteiger partial charge < -0.3 is 15.1 Å². The van der Waals surface area contributed by atoms with Gasteiger partial charge in [0.05, 0.1) is 23.8 Å². The van der Waals surface area contributed by atoms with E-state index in [9.17, 15) is 13.2 Å². The summed E-state index contributed by atoms with van der Waals surface area (Å²) in [5, 5.41) is 5.47. The predicted octanol–water partition coefficient (Wildman–Crippen LogP) is 2.33. The molecule has 152 valence electrons. The highest BCUT2D eigenvalue weighted by atomic mass is 32.2. The normalized spacial score (nSPS) is 16.0. The van der Waals surface area contributed by atoms with Crippen molar-refractivity contribution in [3.63, 3.8) is 0 Å². The number of furan rings is 1. The quantitative estimate of drug-likeness (QED) is 0.668. The third kappa shape index (κ3) is 6.10. The van der Waals surface area contributed by atoms with E-state index < -0.39 is 9.84 Å². The molecule has 2 heterocycles. The van der Waals surface area contributed by atoms with Crippen molar-refractivity contribution in [3.8, 4) is 0 Å². The number of carbonyl (C=O) groups excluding carboxylic acids is 1. The number of nitrogens with one attached hydrogen (secondary N) is 2. The van der Waals surface area contributed by atoms with E-state index in [0.29, 0.717) is 6.54 Å². The zero-order chi connectivity index (χ0) is 19.8. The molecule has 0 radical (unpaired) electrons. The summed E-state index contributed by atoms with van der Waals surface area (Å²) in [7, 11) is -3.28. The van der Waals surface area contributed by atoms with E-state index in [2.05, 4.69) is 15.5 Å². The molecule has 2 N–H and O–H groups in total. The smallest absolute Gasteiger partial charge is 0.314 e. The third-order valence-electron chi connectivity index (χ3n) is 4.84. The highest BCUT2D eigenvalue weighted by Gasteiger charge is 2.25. The molecule has 1 fully saturated rings. The first kappa shape index (κ1) is 20.4. The number of likely N-dealkylation sites (tertiary alicyclic amines) is 1. The summed E-state index contributed by atoms with van der Waals surface area (Å²) in [5.74, 6) is 0.711. The molecule has 2 amide bonds. The van der Waals surface area contributed by atoms with Crippen LogP contribution in [0.1, 0.15) is 30.2 Å². The molecule has 2 aromatic rings. The fourth-order valence-electron chi connectivity index (χ4n) is 3.42. The van der Waals surface area contributed by atoms with Gasteiger partial charge in [-0.2, -0.15) is 0 Å². The summed E-state index contributed by atoms with van der Waals surface area (Å²) in [6.07, 6.45) is 3.92. The molecule has 3 rings (SSSR count). The van der Waals surface area contributed by atoms with Gasteiger partial charge in [0.2, 0.25) is 0 Å². The lowest BCUT2D eigenvalue weighted by molar-refractivity contribution is 0.203. The number of nitrogens with zero attached hydrogens (tertiary/aromatic N) is 1. The van der Waals surface area contributed by atoms with Crippen LogP contribution in [0.25, 0.3) is 0 Å². The van der Waals surface area contributed by atoms with Gasteiger partial charge in [0.15, 0.2) is 9.84 Å². The van der Waals surface area contributed by atoms with Crippen LogP contribution < -0.4 is 10.6 Å². The maximum atomic E-state index is 12.2. The molecule has 0 bridgehead atoms. The van der Waals surface area contributed by atoms with E-state index in [4.69, 9.17) is 4.42 Å². The molecule has 1 unspecified atom stereocenters. The first-order valence-corrected chi connectivity index (χ1v) is 11.4. The second-order valence-corrected chi connectivity index (χ2v) is 9.17. The Morgan fingerprint density at radius 1 is 1.07 bits per heavy atom. The molecule has 0 aliphatic carbocycles. The van der Waals surface area contributed by atoms with Gasteiger partial charge in [-0.25, -0.2) is 13.2 Å². The van der Waals surface area contributed by atoms with Gasteiger partial charge in [-0.3, -0.25) is 4.90 Å². The van der Waals surface area contributed by atoms with Gasteiger partial charge in [-0.1, -0.05) is 30.3 Å². The molecular formula is C20H27N3O4S. The summed E-state index contributed by atoms with van der Waals surface area (Å²) in [6, 6.07) is 12.4. The Bertz CT molecular complexity index is 832. The van der Waals surface area contributed by atoms with Gasteiger partial charge in [0, 0.05) is 13.1 Å². The van der Waals surface area contributed by atoms with Crippen LogP contribution in [0, 0.1) is 0 Å². The van der Waals surface area contributed by atoms with Crippen molar-refractivity contribution in [2.24, 2.45) is 0 Å². The topological polar surface area (TPSA) is 91.6 Å².